The summed E-state index contributed by atoms with van der Waals surface area (Å²) in [7, 11) is 0. The number of aromatic nitrogens is 2. The van der Waals surface area contributed by atoms with Gasteiger partial charge in [0.2, 0.25) is 0 Å². The van der Waals surface area contributed by atoms with E-state index in [1.165, 1.54) is 0 Å². The Morgan fingerprint density at radius 2 is 2.04 bits per heavy atom. The third kappa shape index (κ3) is 2.69. The lowest BCUT2D eigenvalue weighted by Crippen LogP contribution is -2.09. The highest BCUT2D eigenvalue weighted by molar-refractivity contribution is 7.98. The zero-order valence-corrected chi connectivity index (χ0v) is 15.0. The van der Waals surface area contributed by atoms with Gasteiger partial charge in [-0.25, -0.2) is 4.98 Å². The van der Waals surface area contributed by atoms with Crippen molar-refractivity contribution in [3.8, 4) is 5.69 Å². The van der Waals surface area contributed by atoms with Crippen LogP contribution >= 0.6 is 23.4 Å². The van der Waals surface area contributed by atoms with Crippen molar-refractivity contribution in [3.05, 3.63) is 76.3 Å². The molecule has 1 aliphatic rings. The summed E-state index contributed by atoms with van der Waals surface area (Å²) in [6.07, 6.45) is 4.44. The predicted molar refractivity (Wildman–Crippen MR) is 102 cm³/mol. The second kappa shape index (κ2) is 6.50. The van der Waals surface area contributed by atoms with Crippen molar-refractivity contribution >= 4 is 35.4 Å². The van der Waals surface area contributed by atoms with Crippen LogP contribution in [0.1, 0.15) is 27.4 Å². The van der Waals surface area contributed by atoms with E-state index in [2.05, 4.69) is 11.1 Å². The average molecular weight is 368 g/mol. The van der Waals surface area contributed by atoms with Gasteiger partial charge in [0, 0.05) is 21.0 Å². The molecule has 6 heteroatoms. The Kier molecular flexibility index (Phi) is 4.19. The van der Waals surface area contributed by atoms with Gasteiger partial charge in [-0.2, -0.15) is 0 Å². The number of halogens is 1. The Morgan fingerprint density at radius 1 is 1.20 bits per heavy atom. The second-order valence-corrected chi connectivity index (χ2v) is 6.87. The van der Waals surface area contributed by atoms with E-state index in [0.29, 0.717) is 17.3 Å². The molecule has 0 unspecified atom stereocenters. The Bertz CT molecular complexity index is 1010. The van der Waals surface area contributed by atoms with Crippen molar-refractivity contribution in [1.29, 1.82) is 0 Å². The zero-order chi connectivity index (χ0) is 17.4. The molecule has 4 rings (SSSR count). The molecular formula is C19H14ClN3OS. The maximum absolute atomic E-state index is 11.5. The quantitative estimate of drug-likeness (QED) is 0.509. The number of hydrogen-bond donors (Lipinski definition) is 0. The predicted octanol–water partition coefficient (Wildman–Crippen LogP) is 4.41. The number of aldehydes is 1. The average Bonchev–Trinajstić information content (AvgIpc) is 2.98. The lowest BCUT2D eigenvalue weighted by molar-refractivity contribution is 0.111. The summed E-state index contributed by atoms with van der Waals surface area (Å²) < 4.78 is 1.87. The first-order chi connectivity index (χ1) is 12.2. The first-order valence-corrected chi connectivity index (χ1v) is 9.33. The molecule has 1 aliphatic heterocycles. The molecule has 0 saturated heterocycles. The third-order valence-corrected chi connectivity index (χ3v) is 5.25. The van der Waals surface area contributed by atoms with E-state index in [0.717, 1.165) is 39.5 Å². The summed E-state index contributed by atoms with van der Waals surface area (Å²) in [5.74, 6) is 0.738. The molecule has 2 aromatic carbocycles. The molecule has 0 aliphatic carbocycles. The van der Waals surface area contributed by atoms with Gasteiger partial charge < -0.3 is 0 Å². The molecule has 25 heavy (non-hydrogen) atoms. The van der Waals surface area contributed by atoms with Crippen LogP contribution in [-0.2, 0) is 6.54 Å². The minimum absolute atomic E-state index is 0.387. The van der Waals surface area contributed by atoms with Crippen molar-refractivity contribution in [2.24, 2.45) is 4.99 Å². The SMILES string of the molecule is CSc1ccc2c(c1)C(c1ccccc1Cl)=NCc1ncc(C=O)n1-2. The summed E-state index contributed by atoms with van der Waals surface area (Å²) >= 11 is 8.09. The molecule has 1 aromatic heterocycles. The summed E-state index contributed by atoms with van der Waals surface area (Å²) in [5, 5.41) is 0.650. The zero-order valence-electron chi connectivity index (χ0n) is 13.4. The Labute approximate surface area is 154 Å². The molecular weight excluding hydrogens is 354 g/mol. The standard InChI is InChI=1S/C19H14ClN3OS/c1-25-13-6-7-17-15(8-13)19(14-4-2-3-5-16(14)20)22-10-18-21-9-12(11-24)23(17)18/h2-9,11H,10H2,1H3. The van der Waals surface area contributed by atoms with E-state index in [1.807, 2.05) is 47.2 Å². The van der Waals surface area contributed by atoms with E-state index >= 15 is 0 Å². The van der Waals surface area contributed by atoms with Crippen molar-refractivity contribution < 1.29 is 4.79 Å². The van der Waals surface area contributed by atoms with Crippen LogP contribution in [0.2, 0.25) is 5.02 Å². The van der Waals surface area contributed by atoms with Crippen LogP contribution in [0.5, 0.6) is 0 Å². The van der Waals surface area contributed by atoms with Crippen LogP contribution < -0.4 is 0 Å². The van der Waals surface area contributed by atoms with E-state index in [4.69, 9.17) is 16.6 Å². The van der Waals surface area contributed by atoms with Gasteiger partial charge in [0.15, 0.2) is 6.29 Å². The van der Waals surface area contributed by atoms with Gasteiger partial charge >= 0.3 is 0 Å². The number of carbonyl (C=O) groups excluding carboxylic acids is 1. The number of nitrogens with zero attached hydrogens (tertiary/aromatic N) is 3. The van der Waals surface area contributed by atoms with Gasteiger partial charge in [0.1, 0.15) is 11.5 Å². The molecule has 0 saturated carbocycles. The summed E-state index contributed by atoms with van der Waals surface area (Å²) in [5.41, 5.74) is 4.05. The number of aliphatic imine (C=N–C) groups is 1. The van der Waals surface area contributed by atoms with Gasteiger partial charge in [-0.3, -0.25) is 14.4 Å². The van der Waals surface area contributed by atoms with Gasteiger partial charge in [-0.05, 0) is 30.5 Å². The molecule has 0 spiro atoms. The Hall–Kier alpha value is -2.37. The maximum atomic E-state index is 11.5. The van der Waals surface area contributed by atoms with Crippen LogP contribution in [-0.4, -0.2) is 27.8 Å². The molecule has 0 radical (unpaired) electrons. The minimum Gasteiger partial charge on any atom is -0.296 e. The fraction of sp³-hybridized carbons (Fsp3) is 0.105. The number of fused-ring (bicyclic) bond motifs is 3. The molecule has 2 heterocycles. The summed E-state index contributed by atoms with van der Waals surface area (Å²) in [6.45, 7) is 0.387. The number of rotatable bonds is 3. The van der Waals surface area contributed by atoms with Crippen molar-refractivity contribution in [1.82, 2.24) is 9.55 Å². The van der Waals surface area contributed by atoms with Gasteiger partial charge in [-0.15, -0.1) is 11.8 Å². The van der Waals surface area contributed by atoms with E-state index in [9.17, 15) is 4.79 Å². The molecule has 0 amide bonds. The highest BCUT2D eigenvalue weighted by Crippen LogP contribution is 2.31. The van der Waals surface area contributed by atoms with Crippen LogP contribution in [0.3, 0.4) is 0 Å². The van der Waals surface area contributed by atoms with E-state index in [-0.39, 0.29) is 0 Å². The molecule has 124 valence electrons. The van der Waals surface area contributed by atoms with Crippen molar-refractivity contribution in [2.45, 2.75) is 11.4 Å². The van der Waals surface area contributed by atoms with Crippen molar-refractivity contribution in [3.63, 3.8) is 0 Å². The number of benzene rings is 2. The second-order valence-electron chi connectivity index (χ2n) is 5.58. The summed E-state index contributed by atoms with van der Waals surface area (Å²) in [6, 6.07) is 13.8. The maximum Gasteiger partial charge on any atom is 0.168 e. The monoisotopic (exact) mass is 367 g/mol. The highest BCUT2D eigenvalue weighted by Gasteiger charge is 2.23. The molecule has 0 atom stereocenters. The Morgan fingerprint density at radius 3 is 2.80 bits per heavy atom. The van der Waals surface area contributed by atoms with Gasteiger partial charge in [-0.1, -0.05) is 29.8 Å². The molecule has 4 nitrogen and oxygen atoms in total. The van der Waals surface area contributed by atoms with E-state index in [1.54, 1.807) is 18.0 Å². The van der Waals surface area contributed by atoms with Crippen LogP contribution in [0.25, 0.3) is 5.69 Å². The number of carbonyl (C=O) groups is 1. The fourth-order valence-electron chi connectivity index (χ4n) is 3.02. The Balaban J connectivity index is 2.02. The molecule has 3 aromatic rings. The van der Waals surface area contributed by atoms with Gasteiger partial charge in [0.25, 0.3) is 0 Å². The van der Waals surface area contributed by atoms with Crippen molar-refractivity contribution in [2.75, 3.05) is 6.26 Å². The lowest BCUT2D eigenvalue weighted by atomic mass is 10.0. The molecule has 0 bridgehead atoms. The smallest absolute Gasteiger partial charge is 0.168 e. The van der Waals surface area contributed by atoms with E-state index < -0.39 is 0 Å². The van der Waals surface area contributed by atoms with Gasteiger partial charge in [0.05, 0.1) is 24.1 Å². The number of imidazole rings is 1. The fourth-order valence-corrected chi connectivity index (χ4v) is 3.69. The highest BCUT2D eigenvalue weighted by atomic mass is 35.5. The lowest BCUT2D eigenvalue weighted by Gasteiger charge is -2.14. The number of thioether (sulfide) groups is 1. The third-order valence-electron chi connectivity index (χ3n) is 4.19. The first kappa shape index (κ1) is 16.1. The topological polar surface area (TPSA) is 47.2 Å². The molecule has 0 fully saturated rings. The molecule has 0 N–H and O–H groups in total. The normalized spacial score (nSPS) is 12.8. The van der Waals surface area contributed by atoms with Crippen LogP contribution in [0, 0.1) is 0 Å². The summed E-state index contributed by atoms with van der Waals surface area (Å²) in [4.78, 5) is 21.7. The van der Waals surface area contributed by atoms with Crippen LogP contribution in [0.4, 0.5) is 0 Å². The largest absolute Gasteiger partial charge is 0.296 e. The number of hydrogen-bond acceptors (Lipinski definition) is 4. The first-order valence-electron chi connectivity index (χ1n) is 7.73. The van der Waals surface area contributed by atoms with Crippen LogP contribution in [0.15, 0.2) is 58.5 Å². The minimum atomic E-state index is 0.387.